The first kappa shape index (κ1) is 10.5. The second-order valence-electron chi connectivity index (χ2n) is 0.758. The van der Waals surface area contributed by atoms with Gasteiger partial charge in [0.05, 0.1) is 0 Å². The van der Waals surface area contributed by atoms with Gasteiger partial charge in [0.25, 0.3) is 0 Å². The molecule has 0 amide bonds. The summed E-state index contributed by atoms with van der Waals surface area (Å²) in [6.45, 7) is 0. The van der Waals surface area contributed by atoms with Gasteiger partial charge in [0, 0.05) is 0 Å². The Morgan fingerprint density at radius 2 is 0.571 bits per heavy atom. The molecule has 0 heterocycles. The predicted octanol–water partition coefficient (Wildman–Crippen LogP) is 5.07. The van der Waals surface area contributed by atoms with Crippen LogP contribution >= 0.6 is 81.4 Å². The van der Waals surface area contributed by atoms with Crippen LogP contribution in [0.1, 0.15) is 0 Å². The molecule has 0 aliphatic heterocycles. The van der Waals surface area contributed by atoms with Gasteiger partial charge in [-0.2, -0.15) is 0 Å². The molecular formula is Br6Os-2. The van der Waals surface area contributed by atoms with Gasteiger partial charge >= 0.3 is 82.1 Å². The summed E-state index contributed by atoms with van der Waals surface area (Å²) in [7, 11) is 0. The quantitative estimate of drug-likeness (QED) is 0.338. The second kappa shape index (κ2) is 2.01. The molecule has 0 saturated carbocycles. The predicted molar refractivity (Wildman–Crippen MR) is 53.6 cm³/mol. The topological polar surface area (TPSA) is 0 Å². The molecule has 52 valence electrons. The molecule has 0 rings (SSSR count). The van der Waals surface area contributed by atoms with Crippen molar-refractivity contribution in [3.8, 4) is 0 Å². The molecule has 0 saturated heterocycles. The molecule has 0 fully saturated rings. The first-order valence-electron chi connectivity index (χ1n) is 0.802. The van der Waals surface area contributed by atoms with Gasteiger partial charge in [-0.05, 0) is 0 Å². The number of rotatable bonds is 0. The standard InChI is InChI=1S/6BrH.Os/h6*1H;/q;;;;;;+4/p-6. The van der Waals surface area contributed by atoms with Crippen molar-refractivity contribution in [2.45, 2.75) is 0 Å². The molecule has 0 radical (unpaired) electrons. The molecular weight excluding hydrogens is 670 g/mol. The van der Waals surface area contributed by atoms with Crippen molar-refractivity contribution in [2.24, 2.45) is 0 Å². The van der Waals surface area contributed by atoms with Gasteiger partial charge in [0.1, 0.15) is 0 Å². The Morgan fingerprint density at radius 3 is 0.571 bits per heavy atom. The van der Waals surface area contributed by atoms with Gasteiger partial charge < -0.3 is 0 Å². The van der Waals surface area contributed by atoms with Gasteiger partial charge in [-0.1, -0.05) is 0 Å². The molecule has 7 heteroatoms. The zero-order valence-electron chi connectivity index (χ0n) is 2.62. The van der Waals surface area contributed by atoms with Gasteiger partial charge in [0.15, 0.2) is 0 Å². The van der Waals surface area contributed by atoms with Crippen LogP contribution in [0.15, 0.2) is 0 Å². The Labute approximate surface area is 80.1 Å². The third-order valence-corrected chi connectivity index (χ3v) is 0. The summed E-state index contributed by atoms with van der Waals surface area (Å²) in [5, 5.41) is 0. The van der Waals surface area contributed by atoms with Crippen molar-refractivity contribution in [1.82, 2.24) is 0 Å². The van der Waals surface area contributed by atoms with Crippen LogP contribution < -0.4 is 0 Å². The van der Waals surface area contributed by atoms with Crippen LogP contribution in [0.2, 0.25) is 0 Å². The molecule has 0 unspecified atom stereocenters. The molecule has 0 bridgehead atoms. The SMILES string of the molecule is [Br][Os-2]([Br])([Br])([Br])([Br])[Br]. The zero-order valence-corrected chi connectivity index (χ0v) is 14.7. The summed E-state index contributed by atoms with van der Waals surface area (Å²) >= 11 is 20.2. The van der Waals surface area contributed by atoms with E-state index in [0.29, 0.717) is 0 Å². The van der Waals surface area contributed by atoms with Gasteiger partial charge in [-0.3, -0.25) is 0 Å². The molecule has 0 spiro atoms. The van der Waals surface area contributed by atoms with Crippen molar-refractivity contribution in [3.63, 3.8) is 0 Å². The van der Waals surface area contributed by atoms with E-state index in [9.17, 15) is 0 Å². The van der Waals surface area contributed by atoms with Crippen LogP contribution in [0, 0.1) is 0 Å². The third kappa shape index (κ3) is 43.5. The molecule has 0 aliphatic carbocycles. The molecule has 0 aliphatic rings. The van der Waals surface area contributed by atoms with E-state index < -0.39 is 0.772 Å². The number of halogens is 6. The van der Waals surface area contributed by atoms with Crippen molar-refractivity contribution < 1.29 is 0.772 Å². The Hall–Kier alpha value is 3.52. The van der Waals surface area contributed by atoms with E-state index in [2.05, 4.69) is 81.4 Å². The summed E-state index contributed by atoms with van der Waals surface area (Å²) in [5.41, 5.74) is 0. The molecule has 0 atom stereocenters. The zero-order chi connectivity index (χ0) is 6.41. The van der Waals surface area contributed by atoms with Crippen LogP contribution in [-0.2, 0) is 0.772 Å². The van der Waals surface area contributed by atoms with E-state index in [0.717, 1.165) is 0 Å². The first-order valence-corrected chi connectivity index (χ1v) is 34.1. The van der Waals surface area contributed by atoms with Crippen LogP contribution in [0.4, 0.5) is 0 Å². The summed E-state index contributed by atoms with van der Waals surface area (Å²) < 4.78 is -3.34. The van der Waals surface area contributed by atoms with Gasteiger partial charge in [-0.25, -0.2) is 0 Å². The Bertz CT molecular complexity index is 62.7. The van der Waals surface area contributed by atoms with E-state index in [1.54, 1.807) is 0 Å². The van der Waals surface area contributed by atoms with Crippen molar-refractivity contribution >= 4 is 81.4 Å². The summed E-state index contributed by atoms with van der Waals surface area (Å²) in [4.78, 5) is 0. The average Bonchev–Trinajstić information content (AvgIpc) is 0.592. The van der Waals surface area contributed by atoms with E-state index in [1.165, 1.54) is 0 Å². The molecule has 0 aromatic carbocycles. The van der Waals surface area contributed by atoms with Crippen molar-refractivity contribution in [3.05, 3.63) is 0 Å². The normalized spacial score (nSPS) is 23.1. The van der Waals surface area contributed by atoms with Crippen molar-refractivity contribution in [2.75, 3.05) is 0 Å². The fraction of sp³-hybridized carbons (Fsp3) is 0. The molecule has 0 aromatic heterocycles. The Kier molecular flexibility index (Phi) is 3.02. The minimum atomic E-state index is -3.34. The number of hydrogen-bond acceptors (Lipinski definition) is 0. The van der Waals surface area contributed by atoms with Crippen LogP contribution in [0.25, 0.3) is 0 Å². The molecule has 0 N–H and O–H groups in total. The Balaban J connectivity index is 4.43. The maximum absolute atomic E-state index is 3.36. The number of hydrogen-bond donors (Lipinski definition) is 0. The molecule has 7 heavy (non-hydrogen) atoms. The van der Waals surface area contributed by atoms with E-state index in [4.69, 9.17) is 0 Å². The monoisotopic (exact) mass is 665 g/mol. The minimum absolute atomic E-state index is 3.34. The van der Waals surface area contributed by atoms with Crippen molar-refractivity contribution in [1.29, 1.82) is 0 Å². The van der Waals surface area contributed by atoms with E-state index >= 15 is 0 Å². The van der Waals surface area contributed by atoms with Gasteiger partial charge in [0.2, 0.25) is 0 Å². The molecule has 0 aromatic rings. The average molecular weight is 670 g/mol. The third-order valence-electron chi connectivity index (χ3n) is 0. The summed E-state index contributed by atoms with van der Waals surface area (Å²) in [6.07, 6.45) is 0. The van der Waals surface area contributed by atoms with Crippen LogP contribution in [0.5, 0.6) is 0 Å². The molecule has 0 nitrogen and oxygen atoms in total. The second-order valence-corrected chi connectivity index (χ2v) is 167. The first-order chi connectivity index (χ1) is 2.45. The van der Waals surface area contributed by atoms with Crippen LogP contribution in [0.3, 0.4) is 0 Å². The van der Waals surface area contributed by atoms with E-state index in [1.807, 2.05) is 0 Å². The fourth-order valence-electron chi connectivity index (χ4n) is 0. The van der Waals surface area contributed by atoms with Gasteiger partial charge in [-0.15, -0.1) is 0 Å². The Morgan fingerprint density at radius 1 is 0.571 bits per heavy atom. The maximum atomic E-state index is 3.36. The fourth-order valence-corrected chi connectivity index (χ4v) is 0. The summed E-state index contributed by atoms with van der Waals surface area (Å²) in [5.74, 6) is 0. The summed E-state index contributed by atoms with van der Waals surface area (Å²) in [6, 6.07) is 0. The van der Waals surface area contributed by atoms with Crippen LogP contribution in [-0.4, -0.2) is 0 Å². The van der Waals surface area contributed by atoms with E-state index in [-0.39, 0.29) is 0 Å².